The Morgan fingerprint density at radius 3 is 2.04 bits per heavy atom. The first-order valence-electron chi connectivity index (χ1n) is 7.82. The summed E-state index contributed by atoms with van der Waals surface area (Å²) in [6.07, 6.45) is 0. The van der Waals surface area contributed by atoms with Gasteiger partial charge in [0, 0.05) is 16.5 Å². The van der Waals surface area contributed by atoms with Gasteiger partial charge in [-0.2, -0.15) is 0 Å². The van der Waals surface area contributed by atoms with Crippen LogP contribution in [0.25, 0.3) is 33.3 Å². The van der Waals surface area contributed by atoms with Gasteiger partial charge in [0.05, 0.1) is 12.6 Å². The van der Waals surface area contributed by atoms with Crippen molar-refractivity contribution in [1.29, 1.82) is 0 Å². The molecule has 3 heteroatoms. The fraction of sp³-hybridized carbons (Fsp3) is 0.0476. The molecule has 0 atom stereocenters. The second-order valence-corrected chi connectivity index (χ2v) is 5.54. The van der Waals surface area contributed by atoms with Crippen molar-refractivity contribution in [2.24, 2.45) is 0 Å². The summed E-state index contributed by atoms with van der Waals surface area (Å²) < 4.78 is 5.41. The van der Waals surface area contributed by atoms with Crippen molar-refractivity contribution in [3.8, 4) is 28.1 Å². The minimum absolute atomic E-state index is 0.812. The van der Waals surface area contributed by atoms with Gasteiger partial charge in [-0.15, -0.1) is 10.2 Å². The highest BCUT2D eigenvalue weighted by atomic mass is 16.5. The molecule has 0 fully saturated rings. The largest absolute Gasteiger partial charge is 0.497 e. The number of hydrogen-bond donors (Lipinski definition) is 0. The van der Waals surface area contributed by atoms with E-state index in [1.54, 1.807) is 7.11 Å². The fourth-order valence-electron chi connectivity index (χ4n) is 2.91. The second kappa shape index (κ2) is 6.13. The van der Waals surface area contributed by atoms with Crippen LogP contribution in [0.4, 0.5) is 0 Å². The summed E-state index contributed by atoms with van der Waals surface area (Å²) in [5.74, 6) is 0.812. The van der Waals surface area contributed by atoms with E-state index in [0.29, 0.717) is 0 Å². The molecule has 1 aromatic heterocycles. The molecule has 3 nitrogen and oxygen atoms in total. The van der Waals surface area contributed by atoms with Gasteiger partial charge in [-0.05, 0) is 23.8 Å². The first-order valence-corrected chi connectivity index (χ1v) is 7.82. The molecule has 0 saturated carbocycles. The van der Waals surface area contributed by atoms with Crippen LogP contribution in [0.5, 0.6) is 5.75 Å². The average molecular weight is 312 g/mol. The van der Waals surface area contributed by atoms with E-state index < -0.39 is 0 Å². The third kappa shape index (κ3) is 2.50. The van der Waals surface area contributed by atoms with Crippen LogP contribution in [0, 0.1) is 0 Å². The number of benzene rings is 3. The molecule has 0 saturated heterocycles. The zero-order valence-corrected chi connectivity index (χ0v) is 13.3. The van der Waals surface area contributed by atoms with Gasteiger partial charge in [-0.1, -0.05) is 60.7 Å². The van der Waals surface area contributed by atoms with Crippen LogP contribution < -0.4 is 4.74 Å². The van der Waals surface area contributed by atoms with Crippen molar-refractivity contribution in [2.45, 2.75) is 0 Å². The highest BCUT2D eigenvalue weighted by Gasteiger charge is 2.15. The summed E-state index contributed by atoms with van der Waals surface area (Å²) >= 11 is 0. The molecule has 0 amide bonds. The van der Waals surface area contributed by atoms with E-state index in [9.17, 15) is 0 Å². The van der Waals surface area contributed by atoms with Crippen LogP contribution in [0.3, 0.4) is 0 Å². The summed E-state index contributed by atoms with van der Waals surface area (Å²) in [5.41, 5.74) is 4.97. The lowest BCUT2D eigenvalue weighted by Gasteiger charge is -2.13. The quantitative estimate of drug-likeness (QED) is 0.535. The number of aromatic nitrogens is 2. The van der Waals surface area contributed by atoms with Crippen molar-refractivity contribution < 1.29 is 4.74 Å². The number of ether oxygens (including phenoxy) is 1. The zero-order chi connectivity index (χ0) is 16.4. The average Bonchev–Trinajstić information content (AvgIpc) is 2.68. The Morgan fingerprint density at radius 2 is 1.38 bits per heavy atom. The second-order valence-electron chi connectivity index (χ2n) is 5.54. The van der Waals surface area contributed by atoms with E-state index in [2.05, 4.69) is 34.5 Å². The van der Waals surface area contributed by atoms with Crippen molar-refractivity contribution in [3.63, 3.8) is 0 Å². The van der Waals surface area contributed by atoms with Gasteiger partial charge in [-0.3, -0.25) is 0 Å². The van der Waals surface area contributed by atoms with E-state index in [0.717, 1.165) is 39.0 Å². The van der Waals surface area contributed by atoms with Crippen LogP contribution in [0.2, 0.25) is 0 Å². The molecule has 116 valence electrons. The number of rotatable bonds is 3. The summed E-state index contributed by atoms with van der Waals surface area (Å²) in [6, 6.07) is 26.3. The molecule has 0 unspecified atom stereocenters. The van der Waals surface area contributed by atoms with Gasteiger partial charge in [0.1, 0.15) is 11.4 Å². The zero-order valence-electron chi connectivity index (χ0n) is 13.3. The summed E-state index contributed by atoms with van der Waals surface area (Å²) in [4.78, 5) is 0. The fourth-order valence-corrected chi connectivity index (χ4v) is 2.91. The summed E-state index contributed by atoms with van der Waals surface area (Å²) in [5, 5.41) is 9.97. The minimum atomic E-state index is 0.812. The first-order chi connectivity index (χ1) is 11.9. The highest BCUT2D eigenvalue weighted by molar-refractivity contribution is 6.01. The maximum atomic E-state index is 5.41. The molecular weight excluding hydrogens is 296 g/mol. The predicted octanol–water partition coefficient (Wildman–Crippen LogP) is 4.97. The minimum Gasteiger partial charge on any atom is -0.497 e. The molecule has 3 aromatic carbocycles. The lowest BCUT2D eigenvalue weighted by atomic mass is 9.96. The Bertz CT molecular complexity index is 983. The number of methoxy groups -OCH3 is 1. The Hall–Kier alpha value is -3.20. The van der Waals surface area contributed by atoms with E-state index in [4.69, 9.17) is 4.74 Å². The SMILES string of the molecule is COc1ccc2nnc(-c3ccccc3)c(-c3ccccc3)c2c1. The molecule has 0 aliphatic carbocycles. The van der Waals surface area contributed by atoms with Crippen LogP contribution in [0.15, 0.2) is 78.9 Å². The molecule has 4 aromatic rings. The highest BCUT2D eigenvalue weighted by Crippen LogP contribution is 2.36. The smallest absolute Gasteiger partial charge is 0.119 e. The Morgan fingerprint density at radius 1 is 0.708 bits per heavy atom. The van der Waals surface area contributed by atoms with E-state index in [1.165, 1.54) is 0 Å². The summed E-state index contributed by atoms with van der Waals surface area (Å²) in [7, 11) is 1.68. The van der Waals surface area contributed by atoms with Crippen LogP contribution in [-0.4, -0.2) is 17.3 Å². The van der Waals surface area contributed by atoms with Crippen LogP contribution >= 0.6 is 0 Å². The van der Waals surface area contributed by atoms with Crippen LogP contribution in [0.1, 0.15) is 0 Å². The van der Waals surface area contributed by atoms with Gasteiger partial charge < -0.3 is 4.74 Å². The van der Waals surface area contributed by atoms with Gasteiger partial charge in [0.25, 0.3) is 0 Å². The molecule has 0 radical (unpaired) electrons. The topological polar surface area (TPSA) is 35.0 Å². The van der Waals surface area contributed by atoms with E-state index in [-0.39, 0.29) is 0 Å². The Kier molecular flexibility index (Phi) is 3.67. The van der Waals surface area contributed by atoms with Gasteiger partial charge >= 0.3 is 0 Å². The molecule has 0 spiro atoms. The molecule has 0 aliphatic rings. The third-order valence-corrected chi connectivity index (χ3v) is 4.08. The van der Waals surface area contributed by atoms with E-state index >= 15 is 0 Å². The number of fused-ring (bicyclic) bond motifs is 1. The van der Waals surface area contributed by atoms with Crippen molar-refractivity contribution in [2.75, 3.05) is 7.11 Å². The van der Waals surface area contributed by atoms with Crippen molar-refractivity contribution >= 4 is 10.9 Å². The predicted molar refractivity (Wildman–Crippen MR) is 97.0 cm³/mol. The Labute approximate surface area is 140 Å². The normalized spacial score (nSPS) is 10.7. The molecule has 0 aliphatic heterocycles. The van der Waals surface area contributed by atoms with E-state index in [1.807, 2.05) is 54.6 Å². The van der Waals surface area contributed by atoms with Crippen LogP contribution in [-0.2, 0) is 0 Å². The Balaban J connectivity index is 2.09. The van der Waals surface area contributed by atoms with Gasteiger partial charge in [0.15, 0.2) is 0 Å². The molecular formula is C21H16N2O. The molecule has 24 heavy (non-hydrogen) atoms. The maximum Gasteiger partial charge on any atom is 0.119 e. The maximum absolute atomic E-state index is 5.41. The lowest BCUT2D eigenvalue weighted by molar-refractivity contribution is 0.415. The number of nitrogens with zero attached hydrogens (tertiary/aromatic N) is 2. The molecule has 0 N–H and O–H groups in total. The lowest BCUT2D eigenvalue weighted by Crippen LogP contribution is -1.95. The third-order valence-electron chi connectivity index (χ3n) is 4.08. The van der Waals surface area contributed by atoms with Crippen molar-refractivity contribution in [3.05, 3.63) is 78.9 Å². The molecule has 1 heterocycles. The van der Waals surface area contributed by atoms with Gasteiger partial charge in [-0.25, -0.2) is 0 Å². The first kappa shape index (κ1) is 14.4. The number of hydrogen-bond acceptors (Lipinski definition) is 3. The van der Waals surface area contributed by atoms with Crippen molar-refractivity contribution in [1.82, 2.24) is 10.2 Å². The standard InChI is InChI=1S/C21H16N2O/c1-24-17-12-13-19-18(14-17)20(15-8-4-2-5-9-15)21(23-22-19)16-10-6-3-7-11-16/h2-14H,1H3. The monoisotopic (exact) mass is 312 g/mol. The molecule has 0 bridgehead atoms. The summed E-state index contributed by atoms with van der Waals surface area (Å²) in [6.45, 7) is 0. The van der Waals surface area contributed by atoms with Gasteiger partial charge in [0.2, 0.25) is 0 Å². The molecule has 4 rings (SSSR count).